The number of carbonyl (C=O) groups is 1. The number of rotatable bonds is 4. The van der Waals surface area contributed by atoms with Crippen molar-refractivity contribution in [2.24, 2.45) is 5.92 Å². The summed E-state index contributed by atoms with van der Waals surface area (Å²) in [5, 5.41) is 2.62. The first-order chi connectivity index (χ1) is 12.8. The summed E-state index contributed by atoms with van der Waals surface area (Å²) in [5.74, 6) is -0.950. The normalized spacial score (nSPS) is 16.3. The quantitative estimate of drug-likeness (QED) is 0.863. The fourth-order valence-electron chi connectivity index (χ4n) is 3.13. The third-order valence-electron chi connectivity index (χ3n) is 4.84. The number of piperidine rings is 1. The molecule has 0 unspecified atom stereocenters. The minimum absolute atomic E-state index is 0.0622. The molecule has 0 spiro atoms. The van der Waals surface area contributed by atoms with E-state index in [1.165, 1.54) is 10.4 Å². The Hall–Kier alpha value is -2.25. The van der Waals surface area contributed by atoms with Crippen LogP contribution < -0.4 is 5.32 Å². The number of sulfonamides is 1. The van der Waals surface area contributed by atoms with Crippen molar-refractivity contribution in [1.82, 2.24) is 4.31 Å². The van der Waals surface area contributed by atoms with Crippen LogP contribution >= 0.6 is 0 Å². The molecule has 1 aliphatic heterocycles. The van der Waals surface area contributed by atoms with Crippen LogP contribution in [0.25, 0.3) is 0 Å². The van der Waals surface area contributed by atoms with Crippen molar-refractivity contribution in [3.8, 4) is 0 Å². The van der Waals surface area contributed by atoms with Crippen LogP contribution in [0.2, 0.25) is 0 Å². The van der Waals surface area contributed by atoms with E-state index in [-0.39, 0.29) is 10.5 Å². The molecule has 5 nitrogen and oxygen atoms in total. The van der Waals surface area contributed by atoms with Gasteiger partial charge in [-0.2, -0.15) is 4.31 Å². The van der Waals surface area contributed by atoms with Gasteiger partial charge in [0.2, 0.25) is 10.0 Å². The zero-order valence-corrected chi connectivity index (χ0v) is 16.2. The number of nitrogens with one attached hydrogen (secondary N) is 1. The predicted octanol–water partition coefficient (Wildman–Crippen LogP) is 3.81. The molecule has 0 saturated carbocycles. The van der Waals surface area contributed by atoms with Crippen LogP contribution in [0.3, 0.4) is 0 Å². The fraction of sp³-hybridized carbons (Fsp3) is 0.350. The van der Waals surface area contributed by atoms with Crippen molar-refractivity contribution in [2.75, 3.05) is 18.4 Å². The van der Waals surface area contributed by atoms with Gasteiger partial charge in [0.25, 0.3) is 5.91 Å². The topological polar surface area (TPSA) is 66.5 Å². The molecule has 3 rings (SSSR count). The summed E-state index contributed by atoms with van der Waals surface area (Å²) in [4.78, 5) is 12.4. The zero-order valence-electron chi connectivity index (χ0n) is 15.4. The molecule has 1 amide bonds. The van der Waals surface area contributed by atoms with Crippen LogP contribution in [-0.4, -0.2) is 31.7 Å². The summed E-state index contributed by atoms with van der Waals surface area (Å²) in [6.07, 6.45) is 1.59. The molecule has 1 N–H and O–H groups in total. The monoisotopic (exact) mass is 390 g/mol. The number of anilines is 1. The Morgan fingerprint density at radius 2 is 1.85 bits per heavy atom. The smallest absolute Gasteiger partial charge is 0.258 e. The molecule has 0 aliphatic carbocycles. The van der Waals surface area contributed by atoms with Gasteiger partial charge in [0.15, 0.2) is 0 Å². The van der Waals surface area contributed by atoms with Crippen molar-refractivity contribution in [3.63, 3.8) is 0 Å². The summed E-state index contributed by atoms with van der Waals surface area (Å²) in [7, 11) is -3.75. The van der Waals surface area contributed by atoms with Gasteiger partial charge in [-0.25, -0.2) is 12.8 Å². The third-order valence-corrected chi connectivity index (χ3v) is 6.73. The zero-order chi connectivity index (χ0) is 19.6. The largest absolute Gasteiger partial charge is 0.322 e. The molecule has 144 valence electrons. The molecule has 1 aliphatic rings. The molecule has 1 fully saturated rings. The minimum Gasteiger partial charge on any atom is -0.322 e. The molecule has 1 heterocycles. The highest BCUT2D eigenvalue weighted by Gasteiger charge is 2.29. The highest BCUT2D eigenvalue weighted by atomic mass is 32.2. The molecule has 2 aromatic carbocycles. The lowest BCUT2D eigenvalue weighted by Gasteiger charge is -2.29. The van der Waals surface area contributed by atoms with Crippen molar-refractivity contribution < 1.29 is 17.6 Å². The molecule has 27 heavy (non-hydrogen) atoms. The Labute approximate surface area is 159 Å². The maximum Gasteiger partial charge on any atom is 0.258 e. The predicted molar refractivity (Wildman–Crippen MR) is 103 cm³/mol. The Balaban J connectivity index is 1.86. The van der Waals surface area contributed by atoms with Gasteiger partial charge in [-0.1, -0.05) is 19.1 Å². The summed E-state index contributed by atoms with van der Waals surface area (Å²) in [6.45, 7) is 4.84. The number of nitrogens with zero attached hydrogens (tertiary/aromatic N) is 1. The lowest BCUT2D eigenvalue weighted by Crippen LogP contribution is -2.38. The van der Waals surface area contributed by atoms with E-state index in [4.69, 9.17) is 0 Å². The van der Waals surface area contributed by atoms with Gasteiger partial charge in [0, 0.05) is 18.8 Å². The number of hydrogen-bond acceptors (Lipinski definition) is 3. The molecule has 1 saturated heterocycles. The van der Waals surface area contributed by atoms with Crippen LogP contribution in [0.15, 0.2) is 47.4 Å². The fourth-order valence-corrected chi connectivity index (χ4v) is 4.63. The third kappa shape index (κ3) is 4.36. The van der Waals surface area contributed by atoms with Gasteiger partial charge in [-0.15, -0.1) is 0 Å². The molecular formula is C20H23FN2O3S. The van der Waals surface area contributed by atoms with Gasteiger partial charge in [0.1, 0.15) is 5.82 Å². The van der Waals surface area contributed by atoms with E-state index in [1.807, 2.05) is 13.0 Å². The van der Waals surface area contributed by atoms with Crippen LogP contribution in [0, 0.1) is 18.7 Å². The van der Waals surface area contributed by atoms with E-state index in [0.717, 1.165) is 30.5 Å². The van der Waals surface area contributed by atoms with E-state index in [0.29, 0.717) is 24.7 Å². The second-order valence-corrected chi connectivity index (χ2v) is 8.99. The van der Waals surface area contributed by atoms with Gasteiger partial charge >= 0.3 is 0 Å². The second-order valence-electron chi connectivity index (χ2n) is 7.05. The van der Waals surface area contributed by atoms with Crippen LogP contribution in [-0.2, 0) is 10.0 Å². The number of carbonyl (C=O) groups excluding carboxylic acids is 1. The number of aryl methyl sites for hydroxylation is 1. The van der Waals surface area contributed by atoms with Gasteiger partial charge < -0.3 is 5.32 Å². The Morgan fingerprint density at radius 1 is 1.15 bits per heavy atom. The number of hydrogen-bond donors (Lipinski definition) is 1. The molecule has 2 aromatic rings. The lowest BCUT2D eigenvalue weighted by atomic mass is 10.0. The van der Waals surface area contributed by atoms with E-state index < -0.39 is 21.7 Å². The molecule has 0 aromatic heterocycles. The summed E-state index contributed by atoms with van der Waals surface area (Å²) >= 11 is 0. The van der Waals surface area contributed by atoms with Gasteiger partial charge in [-0.05, 0) is 61.6 Å². The standard InChI is InChI=1S/C20H23FN2O3S/c1-14-8-10-23(11-9-14)27(25,26)17-6-7-19(21)18(13-17)20(24)22-16-5-3-4-15(2)12-16/h3-7,12-14H,8-11H2,1-2H3,(H,22,24). The van der Waals surface area contributed by atoms with E-state index >= 15 is 0 Å². The SMILES string of the molecule is Cc1cccc(NC(=O)c2cc(S(=O)(=O)N3CCC(C)CC3)ccc2F)c1. The summed E-state index contributed by atoms with van der Waals surface area (Å²) in [6, 6.07) is 10.5. The van der Waals surface area contributed by atoms with Crippen molar-refractivity contribution in [3.05, 3.63) is 59.4 Å². The highest BCUT2D eigenvalue weighted by Crippen LogP contribution is 2.25. The molecule has 0 radical (unpaired) electrons. The minimum atomic E-state index is -3.75. The van der Waals surface area contributed by atoms with Crippen LogP contribution in [0.4, 0.5) is 10.1 Å². The van der Waals surface area contributed by atoms with Gasteiger partial charge in [-0.3, -0.25) is 4.79 Å². The second kappa shape index (κ2) is 7.78. The average molecular weight is 390 g/mol. The molecule has 7 heteroatoms. The van der Waals surface area contributed by atoms with Crippen LogP contribution in [0.1, 0.15) is 35.7 Å². The van der Waals surface area contributed by atoms with Crippen molar-refractivity contribution >= 4 is 21.6 Å². The summed E-state index contributed by atoms with van der Waals surface area (Å²) < 4.78 is 41.3. The number of halogens is 1. The van der Waals surface area contributed by atoms with E-state index in [1.54, 1.807) is 18.2 Å². The van der Waals surface area contributed by atoms with Crippen molar-refractivity contribution in [1.29, 1.82) is 0 Å². The molecular weight excluding hydrogens is 367 g/mol. The van der Waals surface area contributed by atoms with E-state index in [9.17, 15) is 17.6 Å². The highest BCUT2D eigenvalue weighted by molar-refractivity contribution is 7.89. The number of amides is 1. The molecule has 0 bridgehead atoms. The first kappa shape index (κ1) is 19.5. The van der Waals surface area contributed by atoms with Crippen LogP contribution in [0.5, 0.6) is 0 Å². The Morgan fingerprint density at radius 3 is 2.52 bits per heavy atom. The lowest BCUT2D eigenvalue weighted by molar-refractivity contribution is 0.102. The van der Waals surface area contributed by atoms with Crippen molar-refractivity contribution in [2.45, 2.75) is 31.6 Å². The summed E-state index contributed by atoms with van der Waals surface area (Å²) in [5.41, 5.74) is 1.18. The van der Waals surface area contributed by atoms with E-state index in [2.05, 4.69) is 12.2 Å². The average Bonchev–Trinajstić information content (AvgIpc) is 2.62. The Bertz CT molecular complexity index is 951. The maximum atomic E-state index is 14.2. The first-order valence-corrected chi connectivity index (χ1v) is 10.4. The Kier molecular flexibility index (Phi) is 5.62. The number of benzene rings is 2. The maximum absolute atomic E-state index is 14.2. The van der Waals surface area contributed by atoms with Gasteiger partial charge in [0.05, 0.1) is 10.5 Å². The molecule has 0 atom stereocenters. The first-order valence-electron chi connectivity index (χ1n) is 8.95.